The lowest BCUT2D eigenvalue weighted by Gasteiger charge is -2.09. The van der Waals surface area contributed by atoms with Crippen molar-refractivity contribution >= 4 is 17.3 Å². The molecule has 5 nitrogen and oxygen atoms in total. The second-order valence-electron chi connectivity index (χ2n) is 5.95. The van der Waals surface area contributed by atoms with E-state index in [1.807, 2.05) is 24.3 Å². The normalized spacial score (nSPS) is 10.3. The van der Waals surface area contributed by atoms with Gasteiger partial charge in [0.1, 0.15) is 11.6 Å². The summed E-state index contributed by atoms with van der Waals surface area (Å²) in [7, 11) is 1.63. The zero-order valence-electron chi connectivity index (χ0n) is 14.9. The van der Waals surface area contributed by atoms with E-state index in [0.29, 0.717) is 29.9 Å². The molecular formula is C21H20FN3O2. The molecule has 1 heterocycles. The molecule has 3 aromatic rings. The number of benzene rings is 2. The second-order valence-corrected chi connectivity index (χ2v) is 5.95. The van der Waals surface area contributed by atoms with Crippen LogP contribution in [0.4, 0.5) is 15.8 Å². The Kier molecular flexibility index (Phi) is 5.99. The van der Waals surface area contributed by atoms with Gasteiger partial charge in [-0.3, -0.25) is 9.78 Å². The second kappa shape index (κ2) is 8.80. The van der Waals surface area contributed by atoms with E-state index in [1.54, 1.807) is 31.5 Å². The molecule has 0 unspecified atom stereocenters. The summed E-state index contributed by atoms with van der Waals surface area (Å²) in [6, 6.07) is 15.4. The number of halogens is 1. The maximum atomic E-state index is 13.0. The van der Waals surface area contributed by atoms with Crippen LogP contribution in [-0.4, -0.2) is 24.5 Å². The molecule has 27 heavy (non-hydrogen) atoms. The molecule has 2 N–H and O–H groups in total. The molecule has 0 bridgehead atoms. The fraction of sp³-hybridized carbons (Fsp3) is 0.143. The Morgan fingerprint density at radius 2 is 1.89 bits per heavy atom. The molecule has 1 amide bonds. The summed E-state index contributed by atoms with van der Waals surface area (Å²) < 4.78 is 18.2. The van der Waals surface area contributed by atoms with E-state index in [-0.39, 0.29) is 11.7 Å². The summed E-state index contributed by atoms with van der Waals surface area (Å²) in [5.74, 6) is 0.290. The fourth-order valence-corrected chi connectivity index (χ4v) is 2.58. The van der Waals surface area contributed by atoms with E-state index >= 15 is 0 Å². The van der Waals surface area contributed by atoms with Gasteiger partial charge in [0.05, 0.1) is 24.6 Å². The van der Waals surface area contributed by atoms with Crippen LogP contribution in [0.5, 0.6) is 5.75 Å². The average Bonchev–Trinajstić information content (AvgIpc) is 2.70. The Bertz CT molecular complexity index is 913. The number of ether oxygens (including phenoxy) is 1. The first kappa shape index (κ1) is 18.4. The first-order chi connectivity index (χ1) is 13.1. The molecule has 0 saturated heterocycles. The number of aromatic nitrogens is 1. The highest BCUT2D eigenvalue weighted by Gasteiger charge is 2.07. The Balaban J connectivity index is 1.57. The van der Waals surface area contributed by atoms with Crippen molar-refractivity contribution in [3.8, 4) is 5.75 Å². The summed E-state index contributed by atoms with van der Waals surface area (Å²) in [6.45, 7) is 0.502. The molecule has 0 aliphatic heterocycles. The number of amides is 1. The molecule has 3 rings (SSSR count). The lowest BCUT2D eigenvalue weighted by atomic mass is 10.1. The Labute approximate surface area is 157 Å². The smallest absolute Gasteiger partial charge is 0.252 e. The molecular weight excluding hydrogens is 345 g/mol. The predicted molar refractivity (Wildman–Crippen MR) is 103 cm³/mol. The van der Waals surface area contributed by atoms with Crippen molar-refractivity contribution in [3.63, 3.8) is 0 Å². The number of pyridine rings is 1. The molecule has 0 saturated carbocycles. The number of hydrogen-bond acceptors (Lipinski definition) is 4. The number of nitrogens with zero attached hydrogens (tertiary/aromatic N) is 1. The van der Waals surface area contributed by atoms with Crippen LogP contribution in [0.3, 0.4) is 0 Å². The van der Waals surface area contributed by atoms with E-state index < -0.39 is 0 Å². The van der Waals surface area contributed by atoms with Crippen molar-refractivity contribution in [2.45, 2.75) is 6.42 Å². The highest BCUT2D eigenvalue weighted by Crippen LogP contribution is 2.17. The van der Waals surface area contributed by atoms with Gasteiger partial charge >= 0.3 is 0 Å². The minimum absolute atomic E-state index is 0.201. The van der Waals surface area contributed by atoms with Crippen molar-refractivity contribution in [1.82, 2.24) is 10.3 Å². The Hall–Kier alpha value is -3.41. The van der Waals surface area contributed by atoms with Crippen molar-refractivity contribution < 1.29 is 13.9 Å². The van der Waals surface area contributed by atoms with Gasteiger partial charge in [0.25, 0.3) is 5.91 Å². The Morgan fingerprint density at radius 3 is 2.67 bits per heavy atom. The molecule has 0 aliphatic rings. The van der Waals surface area contributed by atoms with E-state index in [0.717, 1.165) is 11.3 Å². The number of nitrogens with one attached hydrogen (secondary N) is 2. The van der Waals surface area contributed by atoms with E-state index in [9.17, 15) is 9.18 Å². The van der Waals surface area contributed by atoms with Crippen LogP contribution in [0.15, 0.2) is 67.0 Å². The number of carbonyl (C=O) groups excluding carboxylic acids is 1. The van der Waals surface area contributed by atoms with Crippen LogP contribution in [0, 0.1) is 5.82 Å². The summed E-state index contributed by atoms with van der Waals surface area (Å²) >= 11 is 0. The Morgan fingerprint density at radius 1 is 1.07 bits per heavy atom. The number of carbonyl (C=O) groups is 1. The molecule has 6 heteroatoms. The van der Waals surface area contributed by atoms with Crippen LogP contribution in [0.1, 0.15) is 15.9 Å². The van der Waals surface area contributed by atoms with E-state index in [4.69, 9.17) is 4.74 Å². The van der Waals surface area contributed by atoms with Gasteiger partial charge in [-0.15, -0.1) is 0 Å². The molecule has 1 aromatic heterocycles. The van der Waals surface area contributed by atoms with Gasteiger partial charge in [-0.2, -0.15) is 0 Å². The van der Waals surface area contributed by atoms with E-state index in [1.165, 1.54) is 18.3 Å². The number of anilines is 2. The van der Waals surface area contributed by atoms with Crippen LogP contribution in [-0.2, 0) is 6.42 Å². The summed E-state index contributed by atoms with van der Waals surface area (Å²) in [5.41, 5.74) is 2.91. The SMILES string of the molecule is COc1cccc(CCNC(=O)c2cncc(Nc3ccc(F)cc3)c2)c1. The van der Waals surface area contributed by atoms with Gasteiger partial charge < -0.3 is 15.4 Å². The van der Waals surface area contributed by atoms with Gasteiger partial charge in [-0.25, -0.2) is 4.39 Å². The zero-order chi connectivity index (χ0) is 19.1. The largest absolute Gasteiger partial charge is 0.497 e. The minimum Gasteiger partial charge on any atom is -0.497 e. The van der Waals surface area contributed by atoms with Gasteiger partial charge in [-0.1, -0.05) is 12.1 Å². The molecule has 0 atom stereocenters. The van der Waals surface area contributed by atoms with Gasteiger partial charge in [0, 0.05) is 18.4 Å². The number of methoxy groups -OCH3 is 1. The molecule has 0 spiro atoms. The summed E-state index contributed by atoms with van der Waals surface area (Å²) in [4.78, 5) is 16.4. The van der Waals surface area contributed by atoms with Crippen LogP contribution in [0.2, 0.25) is 0 Å². The first-order valence-corrected chi connectivity index (χ1v) is 8.53. The van der Waals surface area contributed by atoms with Crippen molar-refractivity contribution in [2.24, 2.45) is 0 Å². The molecule has 0 fully saturated rings. The van der Waals surface area contributed by atoms with Crippen molar-refractivity contribution in [2.75, 3.05) is 19.0 Å². The van der Waals surface area contributed by atoms with Gasteiger partial charge in [0.15, 0.2) is 0 Å². The molecule has 2 aromatic carbocycles. The third kappa shape index (κ3) is 5.28. The lowest BCUT2D eigenvalue weighted by Crippen LogP contribution is -2.25. The lowest BCUT2D eigenvalue weighted by molar-refractivity contribution is 0.0954. The van der Waals surface area contributed by atoms with E-state index in [2.05, 4.69) is 15.6 Å². The third-order valence-corrected chi connectivity index (χ3v) is 3.97. The van der Waals surface area contributed by atoms with Gasteiger partial charge in [0.2, 0.25) is 0 Å². The zero-order valence-corrected chi connectivity index (χ0v) is 14.9. The molecule has 0 radical (unpaired) electrons. The fourth-order valence-electron chi connectivity index (χ4n) is 2.58. The summed E-state index contributed by atoms with van der Waals surface area (Å²) in [5, 5.41) is 5.98. The molecule has 138 valence electrons. The third-order valence-electron chi connectivity index (χ3n) is 3.97. The highest BCUT2D eigenvalue weighted by molar-refractivity contribution is 5.94. The van der Waals surface area contributed by atoms with Crippen molar-refractivity contribution in [1.29, 1.82) is 0 Å². The number of hydrogen-bond donors (Lipinski definition) is 2. The van der Waals surface area contributed by atoms with Crippen LogP contribution >= 0.6 is 0 Å². The van der Waals surface area contributed by atoms with Crippen molar-refractivity contribution in [3.05, 3.63) is 83.9 Å². The number of rotatable bonds is 7. The quantitative estimate of drug-likeness (QED) is 0.666. The highest BCUT2D eigenvalue weighted by atomic mass is 19.1. The van der Waals surface area contributed by atoms with Gasteiger partial charge in [-0.05, 0) is 54.4 Å². The monoisotopic (exact) mass is 365 g/mol. The standard InChI is InChI=1S/C21H20FN3O2/c1-27-20-4-2-3-15(11-20)9-10-24-21(26)16-12-19(14-23-13-16)25-18-7-5-17(22)6-8-18/h2-8,11-14,25H,9-10H2,1H3,(H,24,26). The topological polar surface area (TPSA) is 63.2 Å². The predicted octanol–water partition coefficient (Wildman–Crippen LogP) is 3.95. The maximum absolute atomic E-state index is 13.0. The van der Waals surface area contributed by atoms with Crippen LogP contribution < -0.4 is 15.4 Å². The minimum atomic E-state index is -0.303. The maximum Gasteiger partial charge on any atom is 0.252 e. The summed E-state index contributed by atoms with van der Waals surface area (Å²) in [6.07, 6.45) is 3.82. The molecule has 0 aliphatic carbocycles. The average molecular weight is 365 g/mol. The first-order valence-electron chi connectivity index (χ1n) is 8.53. The van der Waals surface area contributed by atoms with Crippen LogP contribution in [0.25, 0.3) is 0 Å².